The molecule has 1 aliphatic rings. The second kappa shape index (κ2) is 5.94. The average Bonchev–Trinajstić information content (AvgIpc) is 2.37. The molecule has 2 rings (SSSR count). The lowest BCUT2D eigenvalue weighted by atomic mass is 10.1. The lowest BCUT2D eigenvalue weighted by Crippen LogP contribution is -2.22. The summed E-state index contributed by atoms with van der Waals surface area (Å²) in [5.41, 5.74) is 0.887. The monoisotopic (exact) mass is 254 g/mol. The van der Waals surface area contributed by atoms with E-state index in [1.165, 1.54) is 0 Å². The molecule has 1 unspecified atom stereocenters. The minimum Gasteiger partial charge on any atom is -0.501 e. The minimum absolute atomic E-state index is 0.218. The van der Waals surface area contributed by atoms with E-state index in [4.69, 9.17) is 21.1 Å². The van der Waals surface area contributed by atoms with Gasteiger partial charge in [0.25, 0.3) is 0 Å². The second-order valence-corrected chi connectivity index (χ2v) is 4.39. The molecule has 0 bridgehead atoms. The van der Waals surface area contributed by atoms with Crippen molar-refractivity contribution in [1.29, 1.82) is 0 Å². The SMILES string of the molecule is OC(COc1cccc(Cl)c1)C1=COCCC1. The lowest BCUT2D eigenvalue weighted by molar-refractivity contribution is 0.118. The number of aliphatic hydroxyl groups excluding tert-OH is 1. The van der Waals surface area contributed by atoms with Crippen molar-refractivity contribution in [3.05, 3.63) is 41.1 Å². The second-order valence-electron chi connectivity index (χ2n) is 3.95. The molecule has 0 amide bonds. The van der Waals surface area contributed by atoms with E-state index in [0.29, 0.717) is 10.8 Å². The molecule has 4 heteroatoms. The molecule has 1 N–H and O–H groups in total. The van der Waals surface area contributed by atoms with E-state index in [1.807, 2.05) is 12.1 Å². The molecule has 1 atom stereocenters. The summed E-state index contributed by atoms with van der Waals surface area (Å²) in [4.78, 5) is 0. The fraction of sp³-hybridized carbons (Fsp3) is 0.385. The van der Waals surface area contributed by atoms with Gasteiger partial charge in [0.05, 0.1) is 12.9 Å². The number of hydrogen-bond acceptors (Lipinski definition) is 3. The molecule has 0 spiro atoms. The Hall–Kier alpha value is -1.19. The Balaban J connectivity index is 1.87. The van der Waals surface area contributed by atoms with Gasteiger partial charge in [0.2, 0.25) is 0 Å². The summed E-state index contributed by atoms with van der Waals surface area (Å²) in [6.45, 7) is 0.945. The topological polar surface area (TPSA) is 38.7 Å². The number of aliphatic hydroxyl groups is 1. The van der Waals surface area contributed by atoms with Gasteiger partial charge in [-0.1, -0.05) is 17.7 Å². The van der Waals surface area contributed by atoms with Crippen LogP contribution in [0.3, 0.4) is 0 Å². The van der Waals surface area contributed by atoms with Gasteiger partial charge in [0, 0.05) is 5.02 Å². The van der Waals surface area contributed by atoms with Crippen molar-refractivity contribution in [3.8, 4) is 5.75 Å². The van der Waals surface area contributed by atoms with E-state index < -0.39 is 6.10 Å². The quantitative estimate of drug-likeness (QED) is 0.898. The van der Waals surface area contributed by atoms with Crippen LogP contribution in [0.5, 0.6) is 5.75 Å². The number of ether oxygens (including phenoxy) is 2. The summed E-state index contributed by atoms with van der Waals surface area (Å²) < 4.78 is 10.6. The Morgan fingerprint density at radius 3 is 3.06 bits per heavy atom. The lowest BCUT2D eigenvalue weighted by Gasteiger charge is -2.19. The van der Waals surface area contributed by atoms with Crippen molar-refractivity contribution in [3.63, 3.8) is 0 Å². The van der Waals surface area contributed by atoms with Crippen molar-refractivity contribution in [1.82, 2.24) is 0 Å². The van der Waals surface area contributed by atoms with E-state index >= 15 is 0 Å². The summed E-state index contributed by atoms with van der Waals surface area (Å²) in [5, 5.41) is 10.5. The predicted molar refractivity (Wildman–Crippen MR) is 66.2 cm³/mol. The van der Waals surface area contributed by atoms with Gasteiger partial charge in [-0.2, -0.15) is 0 Å². The minimum atomic E-state index is -0.616. The summed E-state index contributed by atoms with van der Waals surface area (Å²) in [6.07, 6.45) is 2.82. The van der Waals surface area contributed by atoms with Gasteiger partial charge < -0.3 is 14.6 Å². The Kier molecular flexibility index (Phi) is 4.29. The molecular formula is C13H15ClO3. The maximum absolute atomic E-state index is 9.90. The van der Waals surface area contributed by atoms with Crippen molar-refractivity contribution in [2.45, 2.75) is 18.9 Å². The zero-order valence-corrected chi connectivity index (χ0v) is 10.2. The standard InChI is InChI=1S/C13H15ClO3/c14-11-4-1-5-12(7-11)17-9-13(15)10-3-2-6-16-8-10/h1,4-5,7-8,13,15H,2-3,6,9H2. The van der Waals surface area contributed by atoms with Crippen LogP contribution in [0.1, 0.15) is 12.8 Å². The maximum Gasteiger partial charge on any atom is 0.120 e. The molecule has 1 heterocycles. The molecule has 0 aromatic heterocycles. The van der Waals surface area contributed by atoms with Crippen LogP contribution in [-0.4, -0.2) is 24.4 Å². The Bertz CT molecular complexity index is 403. The normalized spacial score (nSPS) is 16.9. The molecule has 0 saturated carbocycles. The molecule has 1 aromatic carbocycles. The molecular weight excluding hydrogens is 240 g/mol. The van der Waals surface area contributed by atoms with Crippen LogP contribution in [-0.2, 0) is 4.74 Å². The summed E-state index contributed by atoms with van der Waals surface area (Å²) in [5.74, 6) is 0.661. The van der Waals surface area contributed by atoms with Gasteiger partial charge in [-0.3, -0.25) is 0 Å². The maximum atomic E-state index is 9.90. The van der Waals surface area contributed by atoms with Gasteiger partial charge in [-0.25, -0.2) is 0 Å². The summed E-state index contributed by atoms with van der Waals surface area (Å²) >= 11 is 5.83. The van der Waals surface area contributed by atoms with Gasteiger partial charge in [-0.15, -0.1) is 0 Å². The highest BCUT2D eigenvalue weighted by molar-refractivity contribution is 6.30. The first-order chi connectivity index (χ1) is 8.25. The highest BCUT2D eigenvalue weighted by Crippen LogP contribution is 2.19. The first kappa shape index (κ1) is 12.3. The van der Waals surface area contributed by atoms with E-state index in [9.17, 15) is 5.11 Å². The molecule has 1 aliphatic heterocycles. The van der Waals surface area contributed by atoms with E-state index in [2.05, 4.69) is 0 Å². The fourth-order valence-electron chi connectivity index (χ4n) is 1.67. The molecule has 17 heavy (non-hydrogen) atoms. The van der Waals surface area contributed by atoms with E-state index in [1.54, 1.807) is 18.4 Å². The fourth-order valence-corrected chi connectivity index (χ4v) is 1.85. The molecule has 92 valence electrons. The molecule has 0 radical (unpaired) electrons. The molecule has 0 aliphatic carbocycles. The number of hydrogen-bond donors (Lipinski definition) is 1. The molecule has 1 aromatic rings. The van der Waals surface area contributed by atoms with Gasteiger partial charge >= 0.3 is 0 Å². The smallest absolute Gasteiger partial charge is 0.120 e. The van der Waals surface area contributed by atoms with Crippen LogP contribution in [0.2, 0.25) is 5.02 Å². The third kappa shape index (κ3) is 3.65. The molecule has 0 saturated heterocycles. The van der Waals surface area contributed by atoms with Crippen molar-refractivity contribution in [2.75, 3.05) is 13.2 Å². The number of benzene rings is 1. The Labute approximate surface area is 106 Å². The van der Waals surface area contributed by atoms with Crippen molar-refractivity contribution >= 4 is 11.6 Å². The van der Waals surface area contributed by atoms with Crippen molar-refractivity contribution in [2.24, 2.45) is 0 Å². The Morgan fingerprint density at radius 1 is 1.47 bits per heavy atom. The summed E-state index contributed by atoms with van der Waals surface area (Å²) in [6, 6.07) is 7.12. The Morgan fingerprint density at radius 2 is 2.35 bits per heavy atom. The van der Waals surface area contributed by atoms with Crippen LogP contribution in [0, 0.1) is 0 Å². The molecule has 3 nitrogen and oxygen atoms in total. The van der Waals surface area contributed by atoms with Crippen LogP contribution in [0.4, 0.5) is 0 Å². The predicted octanol–water partition coefficient (Wildman–Crippen LogP) is 2.77. The first-order valence-electron chi connectivity index (χ1n) is 5.62. The van der Waals surface area contributed by atoms with E-state index in [0.717, 1.165) is 25.0 Å². The van der Waals surface area contributed by atoms with Gasteiger partial charge in [0.15, 0.2) is 0 Å². The largest absolute Gasteiger partial charge is 0.501 e. The van der Waals surface area contributed by atoms with Gasteiger partial charge in [-0.05, 0) is 36.6 Å². The van der Waals surface area contributed by atoms with Gasteiger partial charge in [0.1, 0.15) is 18.5 Å². The number of rotatable bonds is 4. The molecule has 0 fully saturated rings. The van der Waals surface area contributed by atoms with Crippen molar-refractivity contribution < 1.29 is 14.6 Å². The third-order valence-corrected chi connectivity index (χ3v) is 2.83. The zero-order chi connectivity index (χ0) is 12.1. The highest BCUT2D eigenvalue weighted by Gasteiger charge is 2.14. The first-order valence-corrected chi connectivity index (χ1v) is 6.00. The van der Waals surface area contributed by atoms with Crippen LogP contribution >= 0.6 is 11.6 Å². The average molecular weight is 255 g/mol. The number of halogens is 1. The third-order valence-electron chi connectivity index (χ3n) is 2.59. The van der Waals surface area contributed by atoms with Crippen LogP contribution in [0.15, 0.2) is 36.1 Å². The van der Waals surface area contributed by atoms with Crippen LogP contribution in [0.25, 0.3) is 0 Å². The van der Waals surface area contributed by atoms with Crippen LogP contribution < -0.4 is 4.74 Å². The summed E-state index contributed by atoms with van der Waals surface area (Å²) in [7, 11) is 0. The zero-order valence-electron chi connectivity index (χ0n) is 9.43. The highest BCUT2D eigenvalue weighted by atomic mass is 35.5. The van der Waals surface area contributed by atoms with E-state index in [-0.39, 0.29) is 6.61 Å².